The number of carbonyl (C=O) groups is 1. The van der Waals surface area contributed by atoms with E-state index in [4.69, 9.17) is 0 Å². The van der Waals surface area contributed by atoms with E-state index < -0.39 is 0 Å². The number of benzene rings is 2. The van der Waals surface area contributed by atoms with Crippen LogP contribution in [-0.4, -0.2) is 15.6 Å². The number of aromatic hydroxyl groups is 1. The fourth-order valence-corrected chi connectivity index (χ4v) is 2.60. The van der Waals surface area contributed by atoms with Crippen LogP contribution in [0.1, 0.15) is 16.1 Å². The molecule has 0 spiro atoms. The molecule has 0 saturated heterocycles. The molecule has 1 aromatic heterocycles. The van der Waals surface area contributed by atoms with Gasteiger partial charge in [0.1, 0.15) is 5.75 Å². The third-order valence-corrected chi connectivity index (χ3v) is 3.79. The van der Waals surface area contributed by atoms with Gasteiger partial charge in [-0.3, -0.25) is 9.36 Å². The van der Waals surface area contributed by atoms with Gasteiger partial charge in [-0.25, -0.2) is 0 Å². The van der Waals surface area contributed by atoms with Crippen LogP contribution in [0.3, 0.4) is 0 Å². The average molecular weight is 330 g/mol. The fraction of sp³-hybridized carbons (Fsp3) is 0.0625. The van der Waals surface area contributed by atoms with Crippen LogP contribution >= 0.6 is 15.9 Å². The van der Waals surface area contributed by atoms with Crippen molar-refractivity contribution in [1.82, 2.24) is 4.57 Å². The molecule has 3 nitrogen and oxygen atoms in total. The summed E-state index contributed by atoms with van der Waals surface area (Å²) in [6.45, 7) is 1.88. The summed E-state index contributed by atoms with van der Waals surface area (Å²) in [5.41, 5.74) is 2.27. The quantitative estimate of drug-likeness (QED) is 0.730. The van der Waals surface area contributed by atoms with Gasteiger partial charge in [0.25, 0.3) is 5.91 Å². The monoisotopic (exact) mass is 329 g/mol. The summed E-state index contributed by atoms with van der Waals surface area (Å²) in [6, 6.07) is 14.2. The molecule has 100 valence electrons. The largest absolute Gasteiger partial charge is 0.508 e. The molecule has 0 bridgehead atoms. The Kier molecular flexibility index (Phi) is 3.10. The summed E-state index contributed by atoms with van der Waals surface area (Å²) in [4.78, 5) is 12.6. The molecule has 0 radical (unpaired) electrons. The smallest absolute Gasteiger partial charge is 0.262 e. The number of rotatable bonds is 1. The molecule has 0 aliphatic heterocycles. The van der Waals surface area contributed by atoms with Crippen molar-refractivity contribution in [3.05, 3.63) is 64.3 Å². The molecule has 1 heterocycles. The van der Waals surface area contributed by atoms with Gasteiger partial charge in [-0.1, -0.05) is 15.9 Å². The van der Waals surface area contributed by atoms with Gasteiger partial charge in [-0.2, -0.15) is 0 Å². The van der Waals surface area contributed by atoms with E-state index in [1.54, 1.807) is 34.9 Å². The molecule has 1 N–H and O–H groups in total. The van der Waals surface area contributed by atoms with Crippen LogP contribution in [0.2, 0.25) is 0 Å². The highest BCUT2D eigenvalue weighted by Crippen LogP contribution is 2.25. The minimum Gasteiger partial charge on any atom is -0.508 e. The second-order valence-corrected chi connectivity index (χ2v) is 5.59. The van der Waals surface area contributed by atoms with Gasteiger partial charge in [-0.15, -0.1) is 0 Å². The van der Waals surface area contributed by atoms with Crippen molar-refractivity contribution in [1.29, 1.82) is 0 Å². The third kappa shape index (κ3) is 2.12. The van der Waals surface area contributed by atoms with Crippen molar-refractivity contribution in [3.63, 3.8) is 0 Å². The van der Waals surface area contributed by atoms with Crippen molar-refractivity contribution in [3.8, 4) is 5.75 Å². The second kappa shape index (κ2) is 4.80. The van der Waals surface area contributed by atoms with Crippen LogP contribution in [0.4, 0.5) is 0 Å². The molecule has 0 saturated carbocycles. The first-order valence-electron chi connectivity index (χ1n) is 6.17. The lowest BCUT2D eigenvalue weighted by atomic mass is 10.2. The standard InChI is InChI=1S/C16H12BrNO2/c1-10-8-12-9-14(19)6-7-15(12)18(10)16(20)11-2-4-13(17)5-3-11/h2-9,19H,1H3. The maximum Gasteiger partial charge on any atom is 0.262 e. The molecule has 3 aromatic rings. The molecule has 0 atom stereocenters. The number of hydrogen-bond donors (Lipinski definition) is 1. The van der Waals surface area contributed by atoms with Gasteiger partial charge in [0.15, 0.2) is 0 Å². The number of phenols is 1. The highest BCUT2D eigenvalue weighted by atomic mass is 79.9. The van der Waals surface area contributed by atoms with E-state index in [1.165, 1.54) is 0 Å². The first-order chi connectivity index (χ1) is 9.56. The molecule has 0 aliphatic carbocycles. The Morgan fingerprint density at radius 3 is 2.50 bits per heavy atom. The number of carbonyl (C=O) groups excluding carboxylic acids is 1. The molecule has 0 amide bonds. The first kappa shape index (κ1) is 12.9. The zero-order valence-electron chi connectivity index (χ0n) is 10.8. The van der Waals surface area contributed by atoms with Gasteiger partial charge < -0.3 is 5.11 Å². The highest BCUT2D eigenvalue weighted by Gasteiger charge is 2.14. The highest BCUT2D eigenvalue weighted by molar-refractivity contribution is 9.10. The number of nitrogens with zero attached hydrogens (tertiary/aromatic N) is 1. The van der Waals surface area contributed by atoms with E-state index >= 15 is 0 Å². The van der Waals surface area contributed by atoms with Crippen LogP contribution in [0.5, 0.6) is 5.75 Å². The van der Waals surface area contributed by atoms with E-state index in [0.29, 0.717) is 5.56 Å². The number of hydrogen-bond acceptors (Lipinski definition) is 2. The molecule has 2 aromatic carbocycles. The summed E-state index contributed by atoms with van der Waals surface area (Å²) in [5.74, 6) is 0.126. The van der Waals surface area contributed by atoms with Gasteiger partial charge >= 0.3 is 0 Å². The molecule has 3 rings (SSSR count). The van der Waals surface area contributed by atoms with Crippen molar-refractivity contribution >= 4 is 32.7 Å². The predicted molar refractivity (Wildman–Crippen MR) is 82.2 cm³/mol. The van der Waals surface area contributed by atoms with Crippen LogP contribution in [0, 0.1) is 6.92 Å². The summed E-state index contributed by atoms with van der Waals surface area (Å²) in [6.07, 6.45) is 0. The molecular formula is C16H12BrNO2. The van der Waals surface area contributed by atoms with Crippen molar-refractivity contribution in [2.45, 2.75) is 6.92 Å². The van der Waals surface area contributed by atoms with Crippen LogP contribution < -0.4 is 0 Å². The van der Waals surface area contributed by atoms with E-state index in [-0.39, 0.29) is 11.7 Å². The summed E-state index contributed by atoms with van der Waals surface area (Å²) in [7, 11) is 0. The lowest BCUT2D eigenvalue weighted by molar-refractivity contribution is 0.0963. The maximum absolute atomic E-state index is 12.6. The molecule has 20 heavy (non-hydrogen) atoms. The van der Waals surface area contributed by atoms with E-state index in [0.717, 1.165) is 21.1 Å². The zero-order chi connectivity index (χ0) is 14.3. The Morgan fingerprint density at radius 1 is 1.10 bits per heavy atom. The normalized spacial score (nSPS) is 10.9. The van der Waals surface area contributed by atoms with Crippen LogP contribution in [0.25, 0.3) is 10.9 Å². The number of phenolic OH excluding ortho intramolecular Hbond substituents is 1. The number of halogens is 1. The fourth-order valence-electron chi connectivity index (χ4n) is 2.33. The summed E-state index contributed by atoms with van der Waals surface area (Å²) < 4.78 is 2.60. The van der Waals surface area contributed by atoms with Crippen LogP contribution in [0.15, 0.2) is 53.0 Å². The van der Waals surface area contributed by atoms with Gasteiger partial charge in [0, 0.05) is 21.1 Å². The molecule has 4 heteroatoms. The van der Waals surface area contributed by atoms with Crippen molar-refractivity contribution in [2.24, 2.45) is 0 Å². The summed E-state index contributed by atoms with van der Waals surface area (Å²) >= 11 is 3.36. The lowest BCUT2D eigenvalue weighted by Gasteiger charge is -2.07. The molecule has 0 aliphatic rings. The Morgan fingerprint density at radius 2 is 1.80 bits per heavy atom. The van der Waals surface area contributed by atoms with Crippen molar-refractivity contribution in [2.75, 3.05) is 0 Å². The summed E-state index contributed by atoms with van der Waals surface area (Å²) in [5, 5.41) is 10.4. The Hall–Kier alpha value is -2.07. The van der Waals surface area contributed by atoms with Gasteiger partial charge in [0.2, 0.25) is 0 Å². The average Bonchev–Trinajstić information content (AvgIpc) is 2.73. The van der Waals surface area contributed by atoms with E-state index in [9.17, 15) is 9.90 Å². The molecular weight excluding hydrogens is 318 g/mol. The number of aryl methyl sites for hydroxylation is 1. The minimum absolute atomic E-state index is 0.0734. The molecule has 0 fully saturated rings. The van der Waals surface area contributed by atoms with E-state index in [2.05, 4.69) is 15.9 Å². The molecule has 0 unspecified atom stereocenters. The Balaban J connectivity index is 2.16. The third-order valence-electron chi connectivity index (χ3n) is 3.26. The Bertz CT molecular complexity index is 803. The van der Waals surface area contributed by atoms with Gasteiger partial charge in [0.05, 0.1) is 5.52 Å². The Labute approximate surface area is 124 Å². The minimum atomic E-state index is -0.0734. The zero-order valence-corrected chi connectivity index (χ0v) is 12.4. The maximum atomic E-state index is 12.6. The van der Waals surface area contributed by atoms with E-state index in [1.807, 2.05) is 25.1 Å². The van der Waals surface area contributed by atoms with Crippen molar-refractivity contribution < 1.29 is 9.90 Å². The number of fused-ring (bicyclic) bond motifs is 1. The predicted octanol–water partition coefficient (Wildman–Crippen LogP) is 4.11. The second-order valence-electron chi connectivity index (χ2n) is 4.68. The van der Waals surface area contributed by atoms with Gasteiger partial charge in [-0.05, 0) is 55.5 Å². The SMILES string of the molecule is Cc1cc2cc(O)ccc2n1C(=O)c1ccc(Br)cc1. The number of aromatic nitrogens is 1. The lowest BCUT2D eigenvalue weighted by Crippen LogP contribution is -2.13. The topological polar surface area (TPSA) is 42.2 Å². The first-order valence-corrected chi connectivity index (χ1v) is 6.97. The van der Waals surface area contributed by atoms with Crippen LogP contribution in [-0.2, 0) is 0 Å².